The highest BCUT2D eigenvalue weighted by atomic mass is 16.5. The molecule has 0 aromatic carbocycles. The second-order valence-electron chi connectivity index (χ2n) is 8.75. The van der Waals surface area contributed by atoms with E-state index in [-0.39, 0.29) is 11.9 Å². The Labute approximate surface area is 164 Å². The quantitative estimate of drug-likeness (QED) is 0.569. The highest BCUT2D eigenvalue weighted by molar-refractivity contribution is 6.07. The largest absolute Gasteiger partial charge is 0.383 e. The normalized spacial score (nSPS) is 21.9. The lowest BCUT2D eigenvalue weighted by molar-refractivity contribution is -0.136. The average molecular weight is 383 g/mol. The van der Waals surface area contributed by atoms with Crippen LogP contribution in [-0.4, -0.2) is 104 Å². The molecule has 2 saturated heterocycles. The van der Waals surface area contributed by atoms with Gasteiger partial charge < -0.3 is 14.5 Å². The minimum absolute atomic E-state index is 0.0113. The fourth-order valence-electron chi connectivity index (χ4n) is 4.14. The number of imide groups is 1. The zero-order valence-corrected chi connectivity index (χ0v) is 18.0. The van der Waals surface area contributed by atoms with Crippen LogP contribution in [0.4, 0.5) is 4.79 Å². The molecule has 0 bridgehead atoms. The maximum absolute atomic E-state index is 13.4. The van der Waals surface area contributed by atoms with Crippen LogP contribution in [0.25, 0.3) is 0 Å². The molecule has 2 aliphatic heterocycles. The summed E-state index contributed by atoms with van der Waals surface area (Å²) < 4.78 is 5.28. The van der Waals surface area contributed by atoms with Gasteiger partial charge in [-0.1, -0.05) is 13.8 Å². The molecule has 3 amide bonds. The van der Waals surface area contributed by atoms with E-state index in [2.05, 4.69) is 25.7 Å². The second-order valence-corrected chi connectivity index (χ2v) is 8.75. The van der Waals surface area contributed by atoms with E-state index in [0.29, 0.717) is 51.0 Å². The molecule has 27 heavy (non-hydrogen) atoms. The number of rotatable bonds is 9. The van der Waals surface area contributed by atoms with Crippen molar-refractivity contribution in [2.45, 2.75) is 51.6 Å². The number of amides is 3. The first kappa shape index (κ1) is 22.1. The Bertz CT molecular complexity index is 515. The lowest BCUT2D eigenvalue weighted by Gasteiger charge is -2.44. The van der Waals surface area contributed by atoms with Crippen LogP contribution in [0.5, 0.6) is 0 Å². The first-order valence-corrected chi connectivity index (χ1v) is 10.2. The first-order chi connectivity index (χ1) is 12.7. The molecule has 2 heterocycles. The van der Waals surface area contributed by atoms with E-state index >= 15 is 0 Å². The van der Waals surface area contributed by atoms with Crippen LogP contribution >= 0.6 is 0 Å². The van der Waals surface area contributed by atoms with Crippen molar-refractivity contribution in [1.29, 1.82) is 0 Å². The SMILES string of the molecule is COCC(C)N1CCC2(CC1)C(=O)N(CCN(C)C)C(=O)N2CCC(C)C. The summed E-state index contributed by atoms with van der Waals surface area (Å²) in [6, 6.07) is 0.231. The molecule has 1 atom stereocenters. The van der Waals surface area contributed by atoms with Gasteiger partial charge >= 0.3 is 6.03 Å². The van der Waals surface area contributed by atoms with Crippen LogP contribution in [0.1, 0.15) is 40.0 Å². The van der Waals surface area contributed by atoms with Gasteiger partial charge in [0.15, 0.2) is 0 Å². The predicted molar refractivity (Wildman–Crippen MR) is 107 cm³/mol. The third-order valence-electron chi connectivity index (χ3n) is 5.98. The number of ether oxygens (including phenoxy) is 1. The lowest BCUT2D eigenvalue weighted by Crippen LogP contribution is -2.58. The Balaban J connectivity index is 2.17. The van der Waals surface area contributed by atoms with Crippen molar-refractivity contribution in [1.82, 2.24) is 19.6 Å². The van der Waals surface area contributed by atoms with E-state index in [1.807, 2.05) is 23.9 Å². The third kappa shape index (κ3) is 4.81. The fourth-order valence-corrected chi connectivity index (χ4v) is 4.14. The molecule has 0 aliphatic carbocycles. The second kappa shape index (κ2) is 9.34. The Hall–Kier alpha value is -1.18. The van der Waals surface area contributed by atoms with E-state index in [4.69, 9.17) is 4.74 Å². The van der Waals surface area contributed by atoms with Crippen molar-refractivity contribution < 1.29 is 14.3 Å². The van der Waals surface area contributed by atoms with Crippen LogP contribution in [0.2, 0.25) is 0 Å². The Morgan fingerprint density at radius 2 is 1.74 bits per heavy atom. The zero-order chi connectivity index (χ0) is 20.2. The molecule has 7 heteroatoms. The van der Waals surface area contributed by atoms with Crippen molar-refractivity contribution in [2.75, 3.05) is 60.5 Å². The molecule has 0 saturated carbocycles. The predicted octanol–water partition coefficient (Wildman–Crippen LogP) is 1.73. The number of carbonyl (C=O) groups is 2. The maximum Gasteiger partial charge on any atom is 0.327 e. The van der Waals surface area contributed by atoms with Gasteiger partial charge in [-0.2, -0.15) is 0 Å². The molecule has 1 spiro atoms. The number of hydrogen-bond donors (Lipinski definition) is 0. The standard InChI is InChI=1S/C20H38N4O3/c1-16(2)7-10-24-19(26)23(14-13-21(4)5)18(25)20(24)8-11-22(12-9-20)17(3)15-27-6/h16-17H,7-15H2,1-6H3. The molecule has 0 radical (unpaired) electrons. The van der Waals surface area contributed by atoms with Gasteiger partial charge in [-0.25, -0.2) is 4.79 Å². The van der Waals surface area contributed by atoms with Crippen molar-refractivity contribution >= 4 is 11.9 Å². The smallest absolute Gasteiger partial charge is 0.327 e. The van der Waals surface area contributed by atoms with E-state index < -0.39 is 5.54 Å². The number of piperidine rings is 1. The minimum atomic E-state index is -0.651. The average Bonchev–Trinajstić information content (AvgIpc) is 2.79. The van der Waals surface area contributed by atoms with Crippen LogP contribution in [0, 0.1) is 5.92 Å². The van der Waals surface area contributed by atoms with Gasteiger partial charge in [0, 0.05) is 45.9 Å². The van der Waals surface area contributed by atoms with Crippen LogP contribution in [0.15, 0.2) is 0 Å². The Kier molecular flexibility index (Phi) is 7.65. The number of hydrogen-bond acceptors (Lipinski definition) is 5. The summed E-state index contributed by atoms with van der Waals surface area (Å²) in [7, 11) is 5.65. The number of carbonyl (C=O) groups excluding carboxylic acids is 2. The number of urea groups is 1. The van der Waals surface area contributed by atoms with E-state index in [0.717, 1.165) is 19.5 Å². The molecule has 0 aromatic rings. The molecule has 2 aliphatic rings. The topological polar surface area (TPSA) is 56.3 Å². The fraction of sp³-hybridized carbons (Fsp3) is 0.900. The zero-order valence-electron chi connectivity index (χ0n) is 18.0. The molecule has 0 N–H and O–H groups in total. The third-order valence-corrected chi connectivity index (χ3v) is 5.98. The van der Waals surface area contributed by atoms with E-state index in [1.54, 1.807) is 7.11 Å². The van der Waals surface area contributed by atoms with Crippen LogP contribution < -0.4 is 0 Å². The van der Waals surface area contributed by atoms with E-state index in [9.17, 15) is 9.59 Å². The maximum atomic E-state index is 13.4. The van der Waals surface area contributed by atoms with Gasteiger partial charge in [-0.05, 0) is 46.2 Å². The first-order valence-electron chi connectivity index (χ1n) is 10.2. The van der Waals surface area contributed by atoms with Gasteiger partial charge in [-0.15, -0.1) is 0 Å². The molecule has 2 fully saturated rings. The van der Waals surface area contributed by atoms with Gasteiger partial charge in [-0.3, -0.25) is 14.6 Å². The summed E-state index contributed by atoms with van der Waals surface area (Å²) in [5.41, 5.74) is -0.651. The number of methoxy groups -OCH3 is 1. The summed E-state index contributed by atoms with van der Waals surface area (Å²) in [5, 5.41) is 0. The summed E-state index contributed by atoms with van der Waals surface area (Å²) in [4.78, 5) is 34.2. The summed E-state index contributed by atoms with van der Waals surface area (Å²) in [5.74, 6) is 0.514. The van der Waals surface area contributed by atoms with Gasteiger partial charge in [0.2, 0.25) is 0 Å². The summed E-state index contributed by atoms with van der Waals surface area (Å²) in [6.45, 7) is 10.6. The number of likely N-dealkylation sites (tertiary alicyclic amines) is 1. The molecule has 0 aromatic heterocycles. The van der Waals surface area contributed by atoms with Crippen molar-refractivity contribution in [2.24, 2.45) is 5.92 Å². The van der Waals surface area contributed by atoms with E-state index in [1.165, 1.54) is 4.90 Å². The van der Waals surface area contributed by atoms with Gasteiger partial charge in [0.1, 0.15) is 5.54 Å². The van der Waals surface area contributed by atoms with Gasteiger partial charge in [0.05, 0.1) is 6.61 Å². The molecular weight excluding hydrogens is 344 g/mol. The molecular formula is C20H38N4O3. The number of nitrogens with zero attached hydrogens (tertiary/aromatic N) is 4. The van der Waals surface area contributed by atoms with Crippen LogP contribution in [0.3, 0.4) is 0 Å². The summed E-state index contributed by atoms with van der Waals surface area (Å²) >= 11 is 0. The highest BCUT2D eigenvalue weighted by Crippen LogP contribution is 2.38. The Morgan fingerprint density at radius 1 is 1.11 bits per heavy atom. The molecule has 1 unspecified atom stereocenters. The van der Waals surface area contributed by atoms with Crippen molar-refractivity contribution in [3.63, 3.8) is 0 Å². The van der Waals surface area contributed by atoms with Crippen molar-refractivity contribution in [3.8, 4) is 0 Å². The van der Waals surface area contributed by atoms with Gasteiger partial charge in [0.25, 0.3) is 5.91 Å². The van der Waals surface area contributed by atoms with Crippen LogP contribution in [-0.2, 0) is 9.53 Å². The summed E-state index contributed by atoms with van der Waals surface area (Å²) in [6.07, 6.45) is 2.34. The molecule has 7 nitrogen and oxygen atoms in total. The molecule has 2 rings (SSSR count). The highest BCUT2D eigenvalue weighted by Gasteiger charge is 2.57. The minimum Gasteiger partial charge on any atom is -0.383 e. The monoisotopic (exact) mass is 382 g/mol. The van der Waals surface area contributed by atoms with Crippen molar-refractivity contribution in [3.05, 3.63) is 0 Å². The lowest BCUT2D eigenvalue weighted by atomic mass is 9.85. The number of likely N-dealkylation sites (N-methyl/N-ethyl adjacent to an activating group) is 1. The Morgan fingerprint density at radius 3 is 2.26 bits per heavy atom. The molecule has 156 valence electrons.